The van der Waals surface area contributed by atoms with Gasteiger partial charge in [0.1, 0.15) is 0 Å². The topological polar surface area (TPSA) is 64.7 Å². The molecule has 2 atom stereocenters. The molecule has 1 fully saturated rings. The zero-order valence-corrected chi connectivity index (χ0v) is 20.5. The first-order valence-electron chi connectivity index (χ1n) is 11.5. The molecule has 3 aromatic rings. The fourth-order valence-electron chi connectivity index (χ4n) is 5.10. The van der Waals surface area contributed by atoms with Crippen LogP contribution in [0.2, 0.25) is 0 Å². The summed E-state index contributed by atoms with van der Waals surface area (Å²) in [6, 6.07) is 20.6. The van der Waals surface area contributed by atoms with E-state index in [4.69, 9.17) is 12.2 Å². The molecule has 3 aromatic carbocycles. The third-order valence-electron chi connectivity index (χ3n) is 6.67. The van der Waals surface area contributed by atoms with Crippen molar-refractivity contribution in [3.8, 4) is 0 Å². The summed E-state index contributed by atoms with van der Waals surface area (Å²) in [7, 11) is -3.69. The second kappa shape index (κ2) is 9.46. The van der Waals surface area contributed by atoms with Crippen molar-refractivity contribution in [2.75, 3.05) is 32.7 Å². The number of thiocarbonyl (C=S) groups is 1. The summed E-state index contributed by atoms with van der Waals surface area (Å²) in [6.45, 7) is 7.51. The molecule has 34 heavy (non-hydrogen) atoms. The van der Waals surface area contributed by atoms with Crippen LogP contribution < -0.4 is 10.0 Å². The highest BCUT2D eigenvalue weighted by atomic mass is 32.2. The van der Waals surface area contributed by atoms with Gasteiger partial charge in [-0.1, -0.05) is 60.7 Å². The normalized spacial score (nSPS) is 20.4. The quantitative estimate of drug-likeness (QED) is 0.405. The van der Waals surface area contributed by atoms with Crippen molar-refractivity contribution in [1.82, 2.24) is 19.8 Å². The van der Waals surface area contributed by atoms with Crippen LogP contribution in [0, 0.1) is 0 Å². The van der Waals surface area contributed by atoms with E-state index in [1.54, 1.807) is 30.3 Å². The molecule has 2 aliphatic rings. The van der Waals surface area contributed by atoms with E-state index in [2.05, 4.69) is 56.7 Å². The van der Waals surface area contributed by atoms with Crippen molar-refractivity contribution in [1.29, 1.82) is 0 Å². The molecule has 0 aromatic heterocycles. The van der Waals surface area contributed by atoms with Gasteiger partial charge >= 0.3 is 0 Å². The van der Waals surface area contributed by atoms with E-state index in [1.807, 2.05) is 12.1 Å². The number of piperazine rings is 1. The van der Waals surface area contributed by atoms with Crippen LogP contribution in [0.5, 0.6) is 0 Å². The Hall–Kier alpha value is -2.78. The van der Waals surface area contributed by atoms with Crippen molar-refractivity contribution in [2.24, 2.45) is 0 Å². The summed E-state index contributed by atoms with van der Waals surface area (Å²) < 4.78 is 29.8. The maximum Gasteiger partial charge on any atom is 0.241 e. The molecule has 0 spiro atoms. The molecule has 0 amide bonds. The number of nitrogens with zero attached hydrogens (tertiary/aromatic N) is 2. The Morgan fingerprint density at radius 3 is 2.32 bits per heavy atom. The molecule has 1 heterocycles. The van der Waals surface area contributed by atoms with E-state index in [9.17, 15) is 8.42 Å². The van der Waals surface area contributed by atoms with Gasteiger partial charge in [0.05, 0.1) is 17.0 Å². The Balaban J connectivity index is 1.46. The third-order valence-corrected chi connectivity index (χ3v) is 8.53. The molecule has 5 rings (SSSR count). The minimum atomic E-state index is -3.69. The van der Waals surface area contributed by atoms with Crippen molar-refractivity contribution in [3.05, 3.63) is 90.5 Å². The highest BCUT2D eigenvalue weighted by Gasteiger charge is 2.41. The summed E-state index contributed by atoms with van der Waals surface area (Å²) in [5.74, 6) is 0. The largest absolute Gasteiger partial charge is 0.359 e. The molecular formula is C26H28N4O2S2. The maximum absolute atomic E-state index is 13.4. The van der Waals surface area contributed by atoms with Gasteiger partial charge in [-0.05, 0) is 46.2 Å². The van der Waals surface area contributed by atoms with E-state index >= 15 is 0 Å². The van der Waals surface area contributed by atoms with E-state index in [1.165, 1.54) is 5.56 Å². The number of nitrogens with one attached hydrogen (secondary N) is 2. The van der Waals surface area contributed by atoms with E-state index in [0.717, 1.165) is 47.6 Å². The maximum atomic E-state index is 13.4. The van der Waals surface area contributed by atoms with E-state index < -0.39 is 10.0 Å². The Bertz CT molecular complexity index is 1310. The molecule has 1 aliphatic carbocycles. The first-order chi connectivity index (χ1) is 16.5. The zero-order valence-electron chi connectivity index (χ0n) is 18.9. The first-order valence-corrected chi connectivity index (χ1v) is 13.4. The van der Waals surface area contributed by atoms with Gasteiger partial charge in [-0.15, -0.1) is 6.58 Å². The van der Waals surface area contributed by atoms with Gasteiger partial charge in [0, 0.05) is 32.7 Å². The van der Waals surface area contributed by atoms with Gasteiger partial charge in [-0.3, -0.25) is 4.90 Å². The first kappa shape index (κ1) is 23.0. The molecule has 8 heteroatoms. The molecule has 176 valence electrons. The van der Waals surface area contributed by atoms with Crippen molar-refractivity contribution in [2.45, 2.75) is 17.0 Å². The lowest BCUT2D eigenvalue weighted by atomic mass is 10.0. The molecule has 2 N–H and O–H groups in total. The Kier molecular flexibility index (Phi) is 6.40. The lowest BCUT2D eigenvalue weighted by molar-refractivity contribution is 0.116. The molecule has 1 saturated heterocycles. The molecule has 0 saturated carbocycles. The number of hydrogen-bond donors (Lipinski definition) is 2. The predicted molar refractivity (Wildman–Crippen MR) is 140 cm³/mol. The smallest absolute Gasteiger partial charge is 0.241 e. The lowest BCUT2D eigenvalue weighted by Crippen LogP contribution is -2.53. The Labute approximate surface area is 206 Å². The summed E-state index contributed by atoms with van der Waals surface area (Å²) in [6.07, 6.45) is 1.79. The zero-order chi connectivity index (χ0) is 23.7. The highest BCUT2D eigenvalue weighted by Crippen LogP contribution is 2.47. The van der Waals surface area contributed by atoms with Crippen LogP contribution in [0.3, 0.4) is 0 Å². The average Bonchev–Trinajstić information content (AvgIpc) is 3.17. The minimum absolute atomic E-state index is 0.0866. The Morgan fingerprint density at radius 2 is 1.65 bits per heavy atom. The van der Waals surface area contributed by atoms with Crippen LogP contribution in [0.25, 0.3) is 10.8 Å². The van der Waals surface area contributed by atoms with Gasteiger partial charge in [-0.25, -0.2) is 13.1 Å². The van der Waals surface area contributed by atoms with E-state index in [-0.39, 0.29) is 17.0 Å². The molecular weight excluding hydrogens is 464 g/mol. The highest BCUT2D eigenvalue weighted by molar-refractivity contribution is 7.89. The lowest BCUT2D eigenvalue weighted by Gasteiger charge is -2.41. The predicted octanol–water partition coefficient (Wildman–Crippen LogP) is 3.59. The summed E-state index contributed by atoms with van der Waals surface area (Å²) in [5, 5.41) is 6.23. The SMILES string of the molecule is C=CCNC(=S)N1CCN([C@H]2c3cccc4cccc(c34)[C@H]2NS(=O)(=O)c2ccccc2)CC1. The van der Waals surface area contributed by atoms with Crippen LogP contribution in [0.1, 0.15) is 23.2 Å². The van der Waals surface area contributed by atoms with Crippen LogP contribution >= 0.6 is 12.2 Å². The third kappa shape index (κ3) is 4.22. The fourth-order valence-corrected chi connectivity index (χ4v) is 6.61. The summed E-state index contributed by atoms with van der Waals surface area (Å²) in [4.78, 5) is 4.83. The van der Waals surface area contributed by atoms with Crippen LogP contribution in [-0.4, -0.2) is 56.1 Å². The molecule has 6 nitrogen and oxygen atoms in total. The number of hydrogen-bond acceptors (Lipinski definition) is 4. The van der Waals surface area contributed by atoms with Crippen LogP contribution in [0.4, 0.5) is 0 Å². The molecule has 0 radical (unpaired) electrons. The molecule has 0 unspecified atom stereocenters. The van der Waals surface area contributed by atoms with Crippen molar-refractivity contribution in [3.63, 3.8) is 0 Å². The van der Waals surface area contributed by atoms with Crippen molar-refractivity contribution < 1.29 is 8.42 Å². The van der Waals surface area contributed by atoms with Gasteiger partial charge in [0.2, 0.25) is 10.0 Å². The Morgan fingerprint density at radius 1 is 0.971 bits per heavy atom. The van der Waals surface area contributed by atoms with E-state index in [0.29, 0.717) is 6.54 Å². The second-order valence-electron chi connectivity index (χ2n) is 8.65. The number of benzene rings is 3. The average molecular weight is 493 g/mol. The van der Waals surface area contributed by atoms with Crippen LogP contribution in [0.15, 0.2) is 84.3 Å². The van der Waals surface area contributed by atoms with Gasteiger partial charge in [-0.2, -0.15) is 0 Å². The van der Waals surface area contributed by atoms with Gasteiger partial charge < -0.3 is 10.2 Å². The minimum Gasteiger partial charge on any atom is -0.359 e. The van der Waals surface area contributed by atoms with Crippen molar-refractivity contribution >= 4 is 38.1 Å². The monoisotopic (exact) mass is 492 g/mol. The fraction of sp³-hybridized carbons (Fsp3) is 0.269. The summed E-state index contributed by atoms with van der Waals surface area (Å²) in [5.41, 5.74) is 2.21. The molecule has 1 aliphatic heterocycles. The standard InChI is InChI=1S/C26H28N4O2S2/c1-2-14-27-26(33)30-17-15-29(16-18-30)25-22-13-7-9-19-8-6-12-21(23(19)22)24(25)28-34(31,32)20-10-4-3-5-11-20/h2-13,24-25,28H,1,14-18H2,(H,27,33)/t24-,25+/m1/s1. The number of rotatable bonds is 6. The molecule has 0 bridgehead atoms. The second-order valence-corrected chi connectivity index (χ2v) is 10.7. The van der Waals surface area contributed by atoms with Gasteiger partial charge in [0.25, 0.3) is 0 Å². The summed E-state index contributed by atoms with van der Waals surface area (Å²) >= 11 is 5.53. The van der Waals surface area contributed by atoms with Crippen LogP contribution in [-0.2, 0) is 10.0 Å². The number of sulfonamides is 1. The van der Waals surface area contributed by atoms with Gasteiger partial charge in [0.15, 0.2) is 5.11 Å².